The molecule has 12 rings (SSSR count). The molecule has 16 heteroatoms. The Morgan fingerprint density at radius 1 is 0.467 bits per heavy atom. The Morgan fingerprint density at radius 2 is 0.920 bits per heavy atom. The summed E-state index contributed by atoms with van der Waals surface area (Å²) in [5, 5.41) is 17.4. The van der Waals surface area contributed by atoms with Gasteiger partial charge in [-0.3, -0.25) is 29.4 Å². The van der Waals surface area contributed by atoms with Crippen molar-refractivity contribution in [2.75, 3.05) is 0 Å². The third-order valence-corrected chi connectivity index (χ3v) is 13.1. The van der Waals surface area contributed by atoms with E-state index in [9.17, 15) is 0 Å². The normalized spacial score (nSPS) is 11.4. The number of aromatic amines is 1. The maximum atomic E-state index is 4.82. The third kappa shape index (κ3) is 10.6. The molecule has 0 amide bonds. The van der Waals surface area contributed by atoms with Crippen LogP contribution in [0.15, 0.2) is 147 Å². The summed E-state index contributed by atoms with van der Waals surface area (Å²) in [7, 11) is 4.00. The van der Waals surface area contributed by atoms with Crippen LogP contribution in [0.25, 0.3) is 84.5 Å². The second kappa shape index (κ2) is 21.9. The summed E-state index contributed by atoms with van der Waals surface area (Å²) in [5.74, 6) is 1.01. The van der Waals surface area contributed by atoms with Crippen molar-refractivity contribution < 1.29 is 31.0 Å². The van der Waals surface area contributed by atoms with E-state index in [4.69, 9.17) is 20.2 Å². The van der Waals surface area contributed by atoms with Gasteiger partial charge in [0.05, 0.1) is 28.5 Å². The smallest absolute Gasteiger partial charge is 1.00 e. The Balaban J connectivity index is 0.000000149. The first-order chi connectivity index (χ1) is 35.7. The molecule has 374 valence electrons. The van der Waals surface area contributed by atoms with Crippen LogP contribution in [0.3, 0.4) is 0 Å². The van der Waals surface area contributed by atoms with E-state index >= 15 is 0 Å². The molecule has 12 aromatic heterocycles. The van der Waals surface area contributed by atoms with Gasteiger partial charge in [0, 0.05) is 132 Å². The van der Waals surface area contributed by atoms with Crippen LogP contribution >= 0.6 is 0 Å². The van der Waals surface area contributed by atoms with Gasteiger partial charge in [-0.15, -0.1) is 0 Å². The third-order valence-electron chi connectivity index (χ3n) is 13.1. The summed E-state index contributed by atoms with van der Waals surface area (Å²) >= 11 is 0. The monoisotopic (exact) mass is 1000 g/mol. The van der Waals surface area contributed by atoms with Crippen LogP contribution in [0.4, 0.5) is 0 Å². The minimum atomic E-state index is 0. The van der Waals surface area contributed by atoms with Gasteiger partial charge in [-0.25, -0.2) is 15.0 Å². The van der Waals surface area contributed by atoms with Gasteiger partial charge in [-0.1, -0.05) is 59.7 Å². The standard InChI is InChI=1S/2C20H21N5.C19H19N5.Na.H/c1-13(2)20-18(15-8-9-17-21-10-11-25(17)12-15)19(23-24(20)4)16-7-5-6-14(3)22-16;1-13(2)19-18(15-8-9-17-21-10-11-25(17)12-15)20(24(4)23-19)16-7-5-6-14(3)22-16;1-12(2)18-17(14-7-8-16-20-9-10-24(16)11-14)19(23-22-18)15-6-4-5-13(3)21-15;;/h2*5-13H,1-4H3;4-12H,1-3H3,(H,22,23);;/q;;;+1;-1. The van der Waals surface area contributed by atoms with E-state index in [-0.39, 0.29) is 31.0 Å². The van der Waals surface area contributed by atoms with Gasteiger partial charge in [-0.05, 0) is 111 Å². The summed E-state index contributed by atoms with van der Waals surface area (Å²) < 4.78 is 10.0. The predicted octanol–water partition coefficient (Wildman–Crippen LogP) is 9.79. The molecular weight excluding hydrogens is 942 g/mol. The number of aryl methyl sites for hydroxylation is 5. The van der Waals surface area contributed by atoms with Gasteiger partial charge < -0.3 is 14.6 Å². The maximum absolute atomic E-state index is 4.82. The molecule has 0 saturated carbocycles. The molecule has 0 fully saturated rings. The zero-order valence-electron chi connectivity index (χ0n) is 45.8. The number of hydrogen-bond donors (Lipinski definition) is 1. The summed E-state index contributed by atoms with van der Waals surface area (Å²) in [6.45, 7) is 19.1. The van der Waals surface area contributed by atoms with Crippen molar-refractivity contribution in [1.29, 1.82) is 0 Å². The predicted molar refractivity (Wildman–Crippen MR) is 295 cm³/mol. The molecule has 0 radical (unpaired) electrons. The largest absolute Gasteiger partial charge is 1.00 e. The molecule has 12 aromatic rings. The number of nitrogens with one attached hydrogen (secondary N) is 1. The first-order valence-electron chi connectivity index (χ1n) is 25.1. The fourth-order valence-electron chi connectivity index (χ4n) is 9.67. The topological polar surface area (TPSA) is 155 Å². The average molecular weight is 1000 g/mol. The fraction of sp³-hybridized carbons (Fsp3) is 0.237. The molecule has 0 atom stereocenters. The number of aromatic nitrogens is 15. The number of rotatable bonds is 9. The Morgan fingerprint density at radius 3 is 1.39 bits per heavy atom. The van der Waals surface area contributed by atoms with Crippen LogP contribution < -0.4 is 29.6 Å². The van der Waals surface area contributed by atoms with Gasteiger partial charge in [0.2, 0.25) is 0 Å². The summed E-state index contributed by atoms with van der Waals surface area (Å²) in [6, 6.07) is 30.6. The Bertz CT molecular complexity index is 3870. The zero-order chi connectivity index (χ0) is 51.8. The van der Waals surface area contributed by atoms with E-state index in [1.165, 1.54) is 5.69 Å². The number of pyridine rings is 6. The second-order valence-corrected chi connectivity index (χ2v) is 19.6. The van der Waals surface area contributed by atoms with Crippen molar-refractivity contribution in [1.82, 2.24) is 72.9 Å². The molecule has 0 bridgehead atoms. The van der Waals surface area contributed by atoms with Crippen LogP contribution in [-0.4, -0.2) is 72.9 Å². The molecule has 0 unspecified atom stereocenters. The SMILES string of the molecule is Cc1cccc(-c2c(-c3ccc4nccn4c3)c(C(C)C)nn2C)n1.Cc1cccc(-c2n[nH]c(C(C)C)c2-c2ccc3nccn3c2)n1.Cc1cccc(-c2nn(C)c(C(C)C)c2-c2ccc3nccn3c2)n1.[H-].[Na+]. The molecule has 15 nitrogen and oxygen atoms in total. The molecule has 1 N–H and O–H groups in total. The molecule has 0 saturated heterocycles. The van der Waals surface area contributed by atoms with E-state index < -0.39 is 0 Å². The first-order valence-corrected chi connectivity index (χ1v) is 25.1. The van der Waals surface area contributed by atoms with Crippen LogP contribution in [0.1, 0.15) is 94.9 Å². The van der Waals surface area contributed by atoms with Crippen molar-refractivity contribution in [3.63, 3.8) is 0 Å². The number of fused-ring (bicyclic) bond motifs is 3. The first kappa shape index (κ1) is 52.0. The summed E-state index contributed by atoms with van der Waals surface area (Å²) in [5.41, 5.74) is 21.6. The Kier molecular flexibility index (Phi) is 15.2. The molecule has 0 aliphatic heterocycles. The van der Waals surface area contributed by atoms with Crippen molar-refractivity contribution in [3.05, 3.63) is 181 Å². The average Bonchev–Trinajstić information content (AvgIpc) is 4.27. The van der Waals surface area contributed by atoms with E-state index in [0.717, 1.165) is 113 Å². The summed E-state index contributed by atoms with van der Waals surface area (Å²) in [6.07, 6.45) is 17.7. The van der Waals surface area contributed by atoms with E-state index in [2.05, 4.69) is 108 Å². The molecule has 0 aliphatic rings. The van der Waals surface area contributed by atoms with Crippen LogP contribution in [0.5, 0.6) is 0 Å². The van der Waals surface area contributed by atoms with Gasteiger partial charge in [0.1, 0.15) is 28.3 Å². The second-order valence-electron chi connectivity index (χ2n) is 19.6. The van der Waals surface area contributed by atoms with Crippen LogP contribution in [0.2, 0.25) is 0 Å². The summed E-state index contributed by atoms with van der Waals surface area (Å²) in [4.78, 5) is 27.1. The van der Waals surface area contributed by atoms with Crippen molar-refractivity contribution in [2.24, 2.45) is 14.1 Å². The minimum Gasteiger partial charge on any atom is -1.00 e. The van der Waals surface area contributed by atoms with Gasteiger partial charge in [0.15, 0.2) is 0 Å². The molecule has 12 heterocycles. The van der Waals surface area contributed by atoms with Gasteiger partial charge >= 0.3 is 29.6 Å². The molecule has 75 heavy (non-hydrogen) atoms. The number of H-pyrrole nitrogens is 1. The van der Waals surface area contributed by atoms with Crippen molar-refractivity contribution >= 4 is 16.9 Å². The Labute approximate surface area is 460 Å². The fourth-order valence-corrected chi connectivity index (χ4v) is 9.67. The number of nitrogens with zero attached hydrogens (tertiary/aromatic N) is 14. The molecule has 0 aromatic carbocycles. The minimum absolute atomic E-state index is 0. The number of imidazole rings is 3. The van der Waals surface area contributed by atoms with Crippen LogP contribution in [0, 0.1) is 20.8 Å². The molecule has 0 spiro atoms. The van der Waals surface area contributed by atoms with E-state index in [1.807, 2.05) is 161 Å². The van der Waals surface area contributed by atoms with Gasteiger partial charge in [0.25, 0.3) is 0 Å². The van der Waals surface area contributed by atoms with E-state index in [1.54, 1.807) is 6.20 Å². The number of hydrogen-bond acceptors (Lipinski definition) is 9. The van der Waals surface area contributed by atoms with Crippen LogP contribution in [-0.2, 0) is 14.1 Å². The van der Waals surface area contributed by atoms with Crippen molar-refractivity contribution in [3.8, 4) is 67.5 Å². The quantitative estimate of drug-likeness (QED) is 0.139. The molecule has 0 aliphatic carbocycles. The van der Waals surface area contributed by atoms with Crippen molar-refractivity contribution in [2.45, 2.75) is 80.1 Å². The molecular formula is C59H62N15Na. The Hall–Kier alpha value is -7.85. The zero-order valence-corrected chi connectivity index (χ0v) is 46.8. The van der Waals surface area contributed by atoms with E-state index in [0.29, 0.717) is 17.8 Å². The maximum Gasteiger partial charge on any atom is 1.00 e. The van der Waals surface area contributed by atoms with Gasteiger partial charge in [-0.2, -0.15) is 15.3 Å².